The van der Waals surface area contributed by atoms with Gasteiger partial charge in [0.15, 0.2) is 0 Å². The molecule has 0 radical (unpaired) electrons. The highest BCUT2D eigenvalue weighted by atomic mass is 35.5. The average Bonchev–Trinajstić information content (AvgIpc) is 1.62. The number of hydrogen-bond donors (Lipinski definition) is 1. The van der Waals surface area contributed by atoms with E-state index in [-0.39, 0.29) is 0 Å². The van der Waals surface area contributed by atoms with Crippen LogP contribution in [0.3, 0.4) is 0 Å². The molecule has 0 aliphatic heterocycles. The molecule has 0 atom stereocenters. The summed E-state index contributed by atoms with van der Waals surface area (Å²) >= 11 is 6.03. The largest absolute Gasteiger partial charge is 0.456 e. The highest BCUT2D eigenvalue weighted by Crippen LogP contribution is 2.44. The Morgan fingerprint density at radius 2 is 0.566 bits per heavy atom. The lowest BCUT2D eigenvalue weighted by Gasteiger charge is -2.26. The van der Waals surface area contributed by atoms with Crippen LogP contribution < -0.4 is 10.2 Å². The lowest BCUT2D eigenvalue weighted by Crippen LogP contribution is -2.09. The van der Waals surface area contributed by atoms with Gasteiger partial charge in [-0.1, -0.05) is 321 Å². The van der Waals surface area contributed by atoms with E-state index >= 15 is 0 Å². The quantitative estimate of drug-likeness (QED) is 0.104. The fourth-order valence-corrected chi connectivity index (χ4v) is 15.4. The van der Waals surface area contributed by atoms with Crippen LogP contribution in [0.4, 0.5) is 28.4 Å². The number of hydrogen-bond acceptors (Lipinski definition) is 4. The maximum atomic E-state index is 6.22. The minimum atomic E-state index is 0.752. The van der Waals surface area contributed by atoms with Gasteiger partial charge in [0.05, 0.1) is 11.6 Å². The van der Waals surface area contributed by atoms with Crippen LogP contribution in [0, 0.1) is 6.08 Å². The van der Waals surface area contributed by atoms with Gasteiger partial charge >= 0.3 is 0 Å². The third kappa shape index (κ3) is 15.2. The number of furan rings is 2. The van der Waals surface area contributed by atoms with Crippen LogP contribution in [-0.4, -0.2) is 0 Å². The van der Waals surface area contributed by atoms with Gasteiger partial charge in [-0.25, -0.2) is 0 Å². The van der Waals surface area contributed by atoms with Gasteiger partial charge in [0, 0.05) is 78.3 Å². The summed E-state index contributed by atoms with van der Waals surface area (Å²) in [5.74, 6) is 0. The average molecular weight is 1470 g/mol. The lowest BCUT2D eigenvalue weighted by atomic mass is 9.90. The number of para-hydroxylation sites is 2. The molecule has 2 aromatic heterocycles. The summed E-state index contributed by atoms with van der Waals surface area (Å²) in [4.78, 5) is 2.34. The maximum absolute atomic E-state index is 6.22. The second-order valence-corrected chi connectivity index (χ2v) is 28.4. The Labute approximate surface area is 663 Å². The topological polar surface area (TPSA) is 41.6 Å². The van der Waals surface area contributed by atoms with E-state index in [0.29, 0.717) is 0 Å². The molecule has 1 N–H and O–H groups in total. The van der Waals surface area contributed by atoms with Crippen LogP contribution in [0.2, 0.25) is 5.02 Å². The molecule has 2 heterocycles. The van der Waals surface area contributed by atoms with Crippen molar-refractivity contribution in [1.29, 1.82) is 0 Å². The van der Waals surface area contributed by atoms with Crippen LogP contribution in [0.5, 0.6) is 0 Å². The van der Waals surface area contributed by atoms with Gasteiger partial charge in [-0.2, -0.15) is 0 Å². The normalized spacial score (nSPS) is 11.5. The molecule has 0 fully saturated rings. The number of allylic oxidation sites excluding steroid dienone is 6. The van der Waals surface area contributed by atoms with Crippen molar-refractivity contribution in [3.63, 3.8) is 0 Å². The van der Waals surface area contributed by atoms with Crippen molar-refractivity contribution < 1.29 is 8.83 Å². The minimum absolute atomic E-state index is 0.752. The van der Waals surface area contributed by atoms with E-state index in [1.54, 1.807) is 0 Å². The summed E-state index contributed by atoms with van der Waals surface area (Å²) in [5.41, 5.74) is 32.9. The summed E-state index contributed by atoms with van der Waals surface area (Å²) in [6.07, 6.45) is 11.3. The lowest BCUT2D eigenvalue weighted by molar-refractivity contribution is 0.668. The van der Waals surface area contributed by atoms with Gasteiger partial charge in [-0.3, -0.25) is 0 Å². The molecule has 20 rings (SSSR count). The molecule has 113 heavy (non-hydrogen) atoms. The van der Waals surface area contributed by atoms with Crippen LogP contribution in [0.1, 0.15) is 5.56 Å². The maximum Gasteiger partial charge on any atom is 0.136 e. The van der Waals surface area contributed by atoms with Gasteiger partial charge in [-0.05, 0) is 204 Å². The summed E-state index contributed by atoms with van der Waals surface area (Å²) in [6.45, 7) is 0. The molecule has 4 nitrogen and oxygen atoms in total. The molecule has 0 bridgehead atoms. The fourth-order valence-electron chi connectivity index (χ4n) is 15.3. The zero-order valence-corrected chi connectivity index (χ0v) is 62.5. The van der Waals surface area contributed by atoms with Crippen molar-refractivity contribution in [2.45, 2.75) is 0 Å². The summed E-state index contributed by atoms with van der Waals surface area (Å²) in [7, 11) is 0. The van der Waals surface area contributed by atoms with Crippen molar-refractivity contribution in [3.8, 4) is 100 Å². The number of fused-ring (bicyclic) bond motifs is 6. The third-order valence-corrected chi connectivity index (χ3v) is 21.2. The molecule has 1 aliphatic rings. The van der Waals surface area contributed by atoms with Gasteiger partial charge in [-0.15, -0.1) is 0 Å². The first-order valence-corrected chi connectivity index (χ1v) is 38.5. The van der Waals surface area contributed by atoms with E-state index in [1.165, 1.54) is 94.4 Å². The Morgan fingerprint density at radius 3 is 1.00 bits per heavy atom. The Balaban J connectivity index is 0.000000131. The molecular weight excluding hydrogens is 1390 g/mol. The number of nitrogens with zero attached hydrogens (tertiary/aromatic N) is 1. The van der Waals surface area contributed by atoms with Crippen LogP contribution in [0.25, 0.3) is 150 Å². The first-order valence-electron chi connectivity index (χ1n) is 38.1. The Bertz CT molecular complexity index is 6610. The number of rotatable bonds is 15. The van der Waals surface area contributed by atoms with E-state index in [9.17, 15) is 0 Å². The predicted molar refractivity (Wildman–Crippen MR) is 477 cm³/mol. The summed E-state index contributed by atoms with van der Waals surface area (Å²) < 4.78 is 12.3. The van der Waals surface area contributed by atoms with Crippen molar-refractivity contribution in [1.82, 2.24) is 0 Å². The molecule has 17 aromatic carbocycles. The zero-order valence-electron chi connectivity index (χ0n) is 61.8. The summed E-state index contributed by atoms with van der Waals surface area (Å²) in [6, 6.07) is 147. The highest BCUT2D eigenvalue weighted by molar-refractivity contribution is 6.30. The standard InChI is InChI=1S/C54H37NO.C30H21NO.C24H16Cl/c1-4-13-38(14-5-1)39-23-30-45(31-24-39)55(47-34-27-43(28-35-47)49-20-12-22-53-54(49)50-19-10-11-21-52(50)56-53)46-32-25-40(26-33-46)44-29-36-48(41-15-6-2-7-16-41)51(37-44)42-17-8-3-9-18-42;1-2-7-21(8-3-1)22-13-17-24(18-14-22)31-25-19-15-23(16-20-25)26-10-6-12-29-30(26)27-9-4-5-11-28(27)32-29;25-22-14-11-18(12-15-22)21-13-16-23(19-7-3-1-4-8-19)24(17-21)20-9-5-2-6-10-20/h1-37H;1-20,31H;1-5,7-17H/q;;+1. The Hall–Kier alpha value is -14.6. The molecule has 1 aliphatic carbocycles. The van der Waals surface area contributed by atoms with Gasteiger partial charge < -0.3 is 19.1 Å². The Kier molecular flexibility index (Phi) is 20.0. The van der Waals surface area contributed by atoms with E-state index in [0.717, 1.165) is 94.2 Å². The number of benzene rings is 17. The van der Waals surface area contributed by atoms with Crippen molar-refractivity contribution in [3.05, 3.63) is 460 Å². The zero-order chi connectivity index (χ0) is 75.7. The van der Waals surface area contributed by atoms with Crippen LogP contribution in [-0.2, 0) is 0 Å². The predicted octanol–water partition coefficient (Wildman–Crippen LogP) is 31.0. The number of halogens is 1. The SMILES string of the molecule is Clc1ccc(-c2ccc(-c3ccccc3)c(C3=CC=C[C+]=C3)c2)cc1.c1ccc(-c2ccc(N(c3ccc(-c4ccc(-c5ccccc5)c(-c5ccccc5)c4)cc3)c3ccc(-c4cccc5oc6ccccc6c45)cc3)cc2)cc1.c1ccc(-c2ccc(Nc3ccc(-c4cccc5oc6ccccc6c45)cc3)cc2)cc1. The van der Waals surface area contributed by atoms with Crippen LogP contribution >= 0.6 is 11.6 Å². The fraction of sp³-hybridized carbons (Fsp3) is 0. The first kappa shape index (κ1) is 70.1. The number of nitrogens with one attached hydrogen (secondary N) is 1. The monoisotopic (exact) mass is 1470 g/mol. The molecule has 0 saturated heterocycles. The van der Waals surface area contributed by atoms with E-state index in [4.69, 9.17) is 20.4 Å². The highest BCUT2D eigenvalue weighted by Gasteiger charge is 2.20. The molecule has 0 amide bonds. The summed E-state index contributed by atoms with van der Waals surface area (Å²) in [5, 5.41) is 8.85. The van der Waals surface area contributed by atoms with Crippen molar-refractivity contribution >= 4 is 89.5 Å². The van der Waals surface area contributed by atoms with Gasteiger partial charge in [0.25, 0.3) is 0 Å². The Morgan fingerprint density at radius 1 is 0.248 bits per heavy atom. The molecule has 5 heteroatoms. The smallest absolute Gasteiger partial charge is 0.136 e. The van der Waals surface area contributed by atoms with E-state index in [2.05, 4.69) is 386 Å². The molecule has 19 aromatic rings. The van der Waals surface area contributed by atoms with Gasteiger partial charge in [0.1, 0.15) is 34.5 Å². The molecule has 0 spiro atoms. The third-order valence-electron chi connectivity index (χ3n) is 20.9. The molecule has 534 valence electrons. The van der Waals surface area contributed by atoms with E-state index < -0.39 is 0 Å². The second-order valence-electron chi connectivity index (χ2n) is 28.0. The molecular formula is C108H74ClN2O2+. The van der Waals surface area contributed by atoms with Gasteiger partial charge in [0.2, 0.25) is 0 Å². The van der Waals surface area contributed by atoms with E-state index in [1.807, 2.05) is 72.8 Å². The minimum Gasteiger partial charge on any atom is -0.456 e. The molecule has 0 unspecified atom stereocenters. The van der Waals surface area contributed by atoms with Crippen molar-refractivity contribution in [2.24, 2.45) is 0 Å². The first-order chi connectivity index (χ1) is 55.9. The van der Waals surface area contributed by atoms with Crippen molar-refractivity contribution in [2.75, 3.05) is 10.2 Å². The number of anilines is 5. The second kappa shape index (κ2) is 32.3. The van der Waals surface area contributed by atoms with Crippen LogP contribution in [0.15, 0.2) is 452 Å². The molecule has 0 saturated carbocycles.